The first kappa shape index (κ1) is 21.7. The van der Waals surface area contributed by atoms with Crippen molar-refractivity contribution >= 4 is 27.3 Å². The van der Waals surface area contributed by atoms with Crippen LogP contribution in [0.1, 0.15) is 29.3 Å². The average molecular weight is 435 g/mol. The first-order chi connectivity index (χ1) is 14.3. The number of carbonyl (C=O) groups excluding carboxylic acids is 2. The van der Waals surface area contributed by atoms with Gasteiger partial charge in [-0.05, 0) is 42.8 Å². The quantitative estimate of drug-likeness (QED) is 0.469. The van der Waals surface area contributed by atoms with Crippen molar-refractivity contribution in [3.05, 3.63) is 59.4 Å². The second-order valence-electron chi connectivity index (χ2n) is 6.94. The minimum absolute atomic E-state index is 0.0430. The molecule has 1 aliphatic rings. The monoisotopic (exact) mass is 435 g/mol. The molecule has 2 aromatic carbocycles. The normalized spacial score (nSPS) is 17.2. The van der Waals surface area contributed by atoms with E-state index >= 15 is 0 Å². The van der Waals surface area contributed by atoms with Crippen LogP contribution in [0, 0.1) is 5.82 Å². The molecule has 0 radical (unpaired) electrons. The lowest BCUT2D eigenvalue weighted by Crippen LogP contribution is -2.44. The Morgan fingerprint density at radius 3 is 2.53 bits per heavy atom. The van der Waals surface area contributed by atoms with Gasteiger partial charge in [-0.2, -0.15) is 0 Å². The fourth-order valence-corrected chi connectivity index (χ4v) is 5.22. The number of anilines is 1. The average Bonchev–Trinajstić information content (AvgIpc) is 2.74. The van der Waals surface area contributed by atoms with Crippen molar-refractivity contribution in [2.45, 2.75) is 30.0 Å². The maximum Gasteiger partial charge on any atom is 0.251 e. The summed E-state index contributed by atoms with van der Waals surface area (Å²) in [5.74, 6) is -1.53. The number of hydrogen-bond donors (Lipinski definition) is 3. The molecule has 0 saturated carbocycles. The van der Waals surface area contributed by atoms with Gasteiger partial charge >= 0.3 is 0 Å². The van der Waals surface area contributed by atoms with Crippen LogP contribution in [0.3, 0.4) is 0 Å². The van der Waals surface area contributed by atoms with Crippen molar-refractivity contribution in [3.8, 4) is 0 Å². The van der Waals surface area contributed by atoms with E-state index in [0.29, 0.717) is 12.2 Å². The molecule has 0 spiro atoms. The van der Waals surface area contributed by atoms with Gasteiger partial charge in [0, 0.05) is 31.6 Å². The summed E-state index contributed by atoms with van der Waals surface area (Å²) in [6, 6.07) is 10.0. The number of rotatable bonds is 6. The predicted octanol–water partition coefficient (Wildman–Crippen LogP) is 1.63. The highest BCUT2D eigenvalue weighted by Gasteiger charge is 2.38. The Bertz CT molecular complexity index is 1060. The molecule has 3 N–H and O–H groups in total. The van der Waals surface area contributed by atoms with Gasteiger partial charge in [-0.25, -0.2) is 18.3 Å². The molecule has 1 heterocycles. The van der Waals surface area contributed by atoms with E-state index in [-0.39, 0.29) is 35.8 Å². The van der Waals surface area contributed by atoms with E-state index in [2.05, 4.69) is 5.32 Å². The van der Waals surface area contributed by atoms with Gasteiger partial charge in [-0.15, -0.1) is 0 Å². The number of carbonyl (C=O) groups is 2. The highest BCUT2D eigenvalue weighted by atomic mass is 32.2. The number of fused-ring (bicyclic) bond motifs is 1. The Labute approximate surface area is 173 Å². The molecule has 8 nitrogen and oxygen atoms in total. The number of nitrogens with zero attached hydrogens (tertiary/aromatic N) is 1. The lowest BCUT2D eigenvalue weighted by Gasteiger charge is -2.35. The first-order valence-corrected chi connectivity index (χ1v) is 10.9. The van der Waals surface area contributed by atoms with Crippen LogP contribution in [0.15, 0.2) is 47.4 Å². The first-order valence-electron chi connectivity index (χ1n) is 9.34. The van der Waals surface area contributed by atoms with Crippen molar-refractivity contribution in [2.24, 2.45) is 0 Å². The third-order valence-corrected chi connectivity index (χ3v) is 7.17. The Morgan fingerprint density at radius 1 is 1.20 bits per heavy atom. The Hall–Kier alpha value is -2.98. The maximum atomic E-state index is 13.0. The fraction of sp³-hybridized carbons (Fsp3) is 0.300. The number of amides is 2. The minimum Gasteiger partial charge on any atom is -0.369 e. The van der Waals surface area contributed by atoms with E-state index in [1.54, 1.807) is 17.0 Å². The van der Waals surface area contributed by atoms with Gasteiger partial charge in [0.1, 0.15) is 5.82 Å². The predicted molar refractivity (Wildman–Crippen MR) is 107 cm³/mol. The standard InChI is InChI=1S/C20H22FN3O5S/c1-2-24-12-16(10-19(25)23-27)30(28,29)18-8-5-14(9-17(18)24)20(26)22-11-13-3-6-15(21)7-4-13/h3-9,16,27H,2,10-12H2,1H3,(H,22,26)(H,23,25). The molecule has 0 bridgehead atoms. The van der Waals surface area contributed by atoms with Crippen LogP contribution in [0.2, 0.25) is 0 Å². The van der Waals surface area contributed by atoms with Crippen LogP contribution in [0.25, 0.3) is 0 Å². The molecule has 160 valence electrons. The second kappa shape index (κ2) is 8.80. The zero-order valence-electron chi connectivity index (χ0n) is 16.3. The van der Waals surface area contributed by atoms with Gasteiger partial charge in [0.05, 0.1) is 15.8 Å². The van der Waals surface area contributed by atoms with Crippen LogP contribution < -0.4 is 15.7 Å². The molecular formula is C20H22FN3O5S. The van der Waals surface area contributed by atoms with Gasteiger partial charge in [0.25, 0.3) is 5.91 Å². The van der Waals surface area contributed by atoms with Crippen molar-refractivity contribution < 1.29 is 27.6 Å². The SMILES string of the molecule is CCN1CC(CC(=O)NO)S(=O)(=O)c2ccc(C(=O)NCc3ccc(F)cc3)cc21. The van der Waals surface area contributed by atoms with Crippen LogP contribution in [-0.2, 0) is 21.2 Å². The number of benzene rings is 2. The molecule has 2 aromatic rings. The highest BCUT2D eigenvalue weighted by Crippen LogP contribution is 2.35. The number of nitrogens with one attached hydrogen (secondary N) is 2. The van der Waals surface area contributed by atoms with Crippen LogP contribution in [0.4, 0.5) is 10.1 Å². The second-order valence-corrected chi connectivity index (χ2v) is 9.13. The Morgan fingerprint density at radius 2 is 1.90 bits per heavy atom. The minimum atomic E-state index is -3.81. The van der Waals surface area contributed by atoms with E-state index in [1.165, 1.54) is 35.8 Å². The third-order valence-electron chi connectivity index (χ3n) is 5.02. The molecule has 1 atom stereocenters. The summed E-state index contributed by atoms with van der Waals surface area (Å²) in [5.41, 5.74) is 2.88. The lowest BCUT2D eigenvalue weighted by molar-refractivity contribution is -0.129. The van der Waals surface area contributed by atoms with E-state index in [0.717, 1.165) is 5.56 Å². The van der Waals surface area contributed by atoms with E-state index < -0.39 is 26.9 Å². The Balaban J connectivity index is 1.83. The summed E-state index contributed by atoms with van der Waals surface area (Å²) in [4.78, 5) is 25.9. The van der Waals surface area contributed by atoms with Crippen molar-refractivity contribution in [1.82, 2.24) is 10.8 Å². The number of halogens is 1. The van der Waals surface area contributed by atoms with Crippen molar-refractivity contribution in [2.75, 3.05) is 18.0 Å². The summed E-state index contributed by atoms with van der Waals surface area (Å²) in [7, 11) is -3.81. The number of hydroxylamine groups is 1. The van der Waals surface area contributed by atoms with E-state index in [9.17, 15) is 22.4 Å². The Kier molecular flexibility index (Phi) is 6.37. The van der Waals surface area contributed by atoms with Gasteiger partial charge in [-0.3, -0.25) is 14.8 Å². The van der Waals surface area contributed by atoms with Gasteiger partial charge in [0.2, 0.25) is 5.91 Å². The van der Waals surface area contributed by atoms with Gasteiger partial charge in [-0.1, -0.05) is 12.1 Å². The zero-order chi connectivity index (χ0) is 21.9. The topological polar surface area (TPSA) is 116 Å². The molecule has 1 unspecified atom stereocenters. The van der Waals surface area contributed by atoms with Crippen molar-refractivity contribution in [3.63, 3.8) is 0 Å². The molecule has 0 aromatic heterocycles. The lowest BCUT2D eigenvalue weighted by atomic mass is 10.1. The summed E-state index contributed by atoms with van der Waals surface area (Å²) in [5, 5.41) is 10.5. The fourth-order valence-electron chi connectivity index (χ4n) is 3.38. The molecule has 0 saturated heterocycles. The molecule has 30 heavy (non-hydrogen) atoms. The van der Waals surface area contributed by atoms with Crippen LogP contribution >= 0.6 is 0 Å². The zero-order valence-corrected chi connectivity index (χ0v) is 17.1. The highest BCUT2D eigenvalue weighted by molar-refractivity contribution is 7.92. The number of hydrogen-bond acceptors (Lipinski definition) is 6. The molecule has 1 aliphatic heterocycles. The molecule has 0 fully saturated rings. The largest absolute Gasteiger partial charge is 0.369 e. The summed E-state index contributed by atoms with van der Waals surface area (Å²) in [6.07, 6.45) is -0.366. The van der Waals surface area contributed by atoms with Crippen LogP contribution in [-0.4, -0.2) is 43.8 Å². The molecule has 2 amide bonds. The molecule has 0 aliphatic carbocycles. The van der Waals surface area contributed by atoms with Crippen LogP contribution in [0.5, 0.6) is 0 Å². The molecular weight excluding hydrogens is 413 g/mol. The summed E-state index contributed by atoms with van der Waals surface area (Å²) >= 11 is 0. The van der Waals surface area contributed by atoms with Gasteiger partial charge < -0.3 is 10.2 Å². The van der Waals surface area contributed by atoms with Crippen molar-refractivity contribution in [1.29, 1.82) is 0 Å². The smallest absolute Gasteiger partial charge is 0.251 e. The van der Waals surface area contributed by atoms with Gasteiger partial charge in [0.15, 0.2) is 9.84 Å². The maximum absolute atomic E-state index is 13.0. The summed E-state index contributed by atoms with van der Waals surface area (Å²) < 4.78 is 38.8. The molecule has 3 rings (SSSR count). The summed E-state index contributed by atoms with van der Waals surface area (Å²) in [6.45, 7) is 2.58. The molecule has 10 heteroatoms. The van der Waals surface area contributed by atoms with E-state index in [1.807, 2.05) is 6.92 Å². The van der Waals surface area contributed by atoms with E-state index in [4.69, 9.17) is 5.21 Å². The third kappa shape index (κ3) is 4.44. The number of sulfone groups is 1.